The van der Waals surface area contributed by atoms with E-state index < -0.39 is 18.1 Å². The van der Waals surface area contributed by atoms with Crippen LogP contribution < -0.4 is 0 Å². The third kappa shape index (κ3) is 4.52. The molecule has 0 aliphatic rings. The number of rotatable bonds is 5. The summed E-state index contributed by atoms with van der Waals surface area (Å²) in [5.74, 6) is 0.557. The van der Waals surface area contributed by atoms with Crippen LogP contribution in [-0.4, -0.2) is 19.5 Å². The van der Waals surface area contributed by atoms with Crippen molar-refractivity contribution in [1.29, 1.82) is 0 Å². The highest BCUT2D eigenvalue weighted by molar-refractivity contribution is 6.17. The van der Waals surface area contributed by atoms with Crippen LogP contribution in [0.4, 0.5) is 0 Å². The molecule has 0 unspecified atom stereocenters. The fourth-order valence-electron chi connectivity index (χ4n) is 6.98. The number of furan rings is 1. The second-order valence-electron chi connectivity index (χ2n) is 12.1. The molecule has 10 rings (SSSR count). The van der Waals surface area contributed by atoms with Gasteiger partial charge in [0.25, 0.3) is 0 Å². The van der Waals surface area contributed by atoms with Crippen LogP contribution in [0.2, 0.25) is 0 Å². The van der Waals surface area contributed by atoms with E-state index in [-0.39, 0.29) is 29.3 Å². The lowest BCUT2D eigenvalue weighted by Gasteiger charge is -2.10. The minimum atomic E-state index is -0.485. The van der Waals surface area contributed by atoms with Gasteiger partial charge in [0.15, 0.2) is 17.5 Å². The van der Waals surface area contributed by atoms with Gasteiger partial charge in [0, 0.05) is 43.9 Å². The molecule has 0 amide bonds. The maximum absolute atomic E-state index is 8.72. The van der Waals surface area contributed by atoms with E-state index in [1.54, 1.807) is 0 Å². The standard InChI is InChI=1S/C45H28N4O/c1-4-14-29(15-5-1)33-21-12-24-38-41(33)34-20-10-11-23-37(34)49(38)32-26-27-39-36(28-32)42-35(22-13-25-40(42)50-39)45-47-43(30-16-6-2-7-17-30)46-44(48-45)31-18-8-3-9-19-31/h1-28H/i2D,6D,7D,16D,17D. The maximum atomic E-state index is 8.72. The van der Waals surface area contributed by atoms with Crippen molar-refractivity contribution in [2.24, 2.45) is 0 Å². The summed E-state index contributed by atoms with van der Waals surface area (Å²) in [6.45, 7) is 0. The van der Waals surface area contributed by atoms with Gasteiger partial charge in [-0.1, -0.05) is 133 Å². The van der Waals surface area contributed by atoms with Crippen molar-refractivity contribution in [3.8, 4) is 51.0 Å². The smallest absolute Gasteiger partial charge is 0.164 e. The Morgan fingerprint density at radius 3 is 1.94 bits per heavy atom. The largest absolute Gasteiger partial charge is 0.456 e. The second kappa shape index (κ2) is 11.4. The van der Waals surface area contributed by atoms with E-state index in [1.165, 1.54) is 5.39 Å². The highest BCUT2D eigenvalue weighted by Gasteiger charge is 2.20. The molecule has 3 aromatic heterocycles. The lowest BCUT2D eigenvalue weighted by molar-refractivity contribution is 0.669. The predicted molar refractivity (Wildman–Crippen MR) is 203 cm³/mol. The van der Waals surface area contributed by atoms with Crippen LogP contribution in [-0.2, 0) is 0 Å². The normalized spacial score (nSPS) is 13.0. The summed E-state index contributed by atoms with van der Waals surface area (Å²) in [6, 6.07) is 44.3. The van der Waals surface area contributed by atoms with Crippen molar-refractivity contribution < 1.29 is 11.3 Å². The molecular weight excluding hydrogens is 613 g/mol. The fourth-order valence-corrected chi connectivity index (χ4v) is 6.98. The molecule has 5 nitrogen and oxygen atoms in total. The summed E-state index contributed by atoms with van der Waals surface area (Å²) in [5, 5.41) is 3.94. The number of nitrogens with zero attached hydrogens (tertiary/aromatic N) is 4. The van der Waals surface area contributed by atoms with Crippen LogP contribution in [0.5, 0.6) is 0 Å². The Bertz CT molecular complexity index is 3130. The van der Waals surface area contributed by atoms with Crippen molar-refractivity contribution in [3.05, 3.63) is 170 Å². The van der Waals surface area contributed by atoms with E-state index in [2.05, 4.69) is 88.4 Å². The van der Waals surface area contributed by atoms with E-state index >= 15 is 0 Å². The first kappa shape index (κ1) is 23.5. The van der Waals surface area contributed by atoms with Gasteiger partial charge in [-0.25, -0.2) is 15.0 Å². The molecule has 3 heterocycles. The van der Waals surface area contributed by atoms with Crippen molar-refractivity contribution in [1.82, 2.24) is 19.5 Å². The highest BCUT2D eigenvalue weighted by atomic mass is 16.3. The van der Waals surface area contributed by atoms with Crippen LogP contribution in [0.3, 0.4) is 0 Å². The van der Waals surface area contributed by atoms with Gasteiger partial charge in [-0.3, -0.25) is 0 Å². The van der Waals surface area contributed by atoms with E-state index in [9.17, 15) is 0 Å². The van der Waals surface area contributed by atoms with E-state index in [1.807, 2.05) is 60.7 Å². The number of para-hydroxylation sites is 1. The molecule has 0 aliphatic carbocycles. The van der Waals surface area contributed by atoms with Crippen LogP contribution in [0.25, 0.3) is 94.7 Å². The van der Waals surface area contributed by atoms with E-state index in [0.717, 1.165) is 44.0 Å². The van der Waals surface area contributed by atoms with Gasteiger partial charge in [-0.05, 0) is 47.5 Å². The van der Waals surface area contributed by atoms with Crippen LogP contribution in [0, 0.1) is 0 Å². The summed E-state index contributed by atoms with van der Waals surface area (Å²) in [4.78, 5) is 14.4. The number of hydrogen-bond donors (Lipinski definition) is 0. The molecule has 234 valence electrons. The Morgan fingerprint density at radius 1 is 0.460 bits per heavy atom. The molecule has 7 aromatic carbocycles. The summed E-state index contributed by atoms with van der Waals surface area (Å²) >= 11 is 0. The van der Waals surface area contributed by atoms with Crippen molar-refractivity contribution in [2.45, 2.75) is 0 Å². The molecule has 0 aliphatic heterocycles. The van der Waals surface area contributed by atoms with Crippen molar-refractivity contribution in [3.63, 3.8) is 0 Å². The zero-order valence-corrected chi connectivity index (χ0v) is 26.5. The minimum absolute atomic E-state index is 0.0224. The summed E-state index contributed by atoms with van der Waals surface area (Å²) in [7, 11) is 0. The average molecular weight is 646 g/mol. The van der Waals surface area contributed by atoms with Crippen LogP contribution in [0.15, 0.2) is 174 Å². The fraction of sp³-hybridized carbons (Fsp3) is 0. The molecule has 0 saturated heterocycles. The van der Waals surface area contributed by atoms with Gasteiger partial charge in [0.2, 0.25) is 0 Å². The van der Waals surface area contributed by atoms with Gasteiger partial charge >= 0.3 is 0 Å². The Labute approximate surface area is 294 Å². The van der Waals surface area contributed by atoms with Gasteiger partial charge in [-0.2, -0.15) is 0 Å². The minimum Gasteiger partial charge on any atom is -0.456 e. The molecule has 0 radical (unpaired) electrons. The van der Waals surface area contributed by atoms with E-state index in [0.29, 0.717) is 28.1 Å². The molecule has 10 aromatic rings. The average Bonchev–Trinajstić information content (AvgIpc) is 3.78. The Kier molecular flexibility index (Phi) is 5.35. The highest BCUT2D eigenvalue weighted by Crippen LogP contribution is 2.41. The molecule has 5 heteroatoms. The first-order chi connectivity index (χ1) is 26.9. The molecule has 0 spiro atoms. The number of aromatic nitrogens is 4. The third-order valence-corrected chi connectivity index (χ3v) is 9.15. The molecular formula is C45H28N4O. The van der Waals surface area contributed by atoms with Gasteiger partial charge in [0.1, 0.15) is 11.2 Å². The summed E-state index contributed by atoms with van der Waals surface area (Å²) in [5.41, 5.74) is 7.94. The Balaban J connectivity index is 1.23. The van der Waals surface area contributed by atoms with Gasteiger partial charge in [0.05, 0.1) is 17.9 Å². The van der Waals surface area contributed by atoms with Gasteiger partial charge in [-0.15, -0.1) is 0 Å². The number of hydrogen-bond acceptors (Lipinski definition) is 4. The summed E-state index contributed by atoms with van der Waals surface area (Å²) in [6.07, 6.45) is 0. The lowest BCUT2D eigenvalue weighted by Crippen LogP contribution is -2.00. The Hall–Kier alpha value is -6.85. The van der Waals surface area contributed by atoms with Crippen LogP contribution >= 0.6 is 0 Å². The molecule has 0 saturated carbocycles. The molecule has 0 fully saturated rings. The van der Waals surface area contributed by atoms with E-state index in [4.69, 9.17) is 21.2 Å². The Morgan fingerprint density at radius 2 is 1.12 bits per heavy atom. The van der Waals surface area contributed by atoms with Crippen molar-refractivity contribution >= 4 is 43.7 Å². The zero-order chi connectivity index (χ0) is 37.4. The maximum Gasteiger partial charge on any atom is 0.164 e. The van der Waals surface area contributed by atoms with Gasteiger partial charge < -0.3 is 8.98 Å². The third-order valence-electron chi connectivity index (χ3n) is 9.15. The zero-order valence-electron chi connectivity index (χ0n) is 31.5. The predicted octanol–water partition coefficient (Wildman–Crippen LogP) is 11.5. The monoisotopic (exact) mass is 645 g/mol. The molecule has 0 bridgehead atoms. The molecule has 0 atom stereocenters. The second-order valence-corrected chi connectivity index (χ2v) is 12.1. The quantitative estimate of drug-likeness (QED) is 0.187. The first-order valence-electron chi connectivity index (χ1n) is 18.8. The van der Waals surface area contributed by atoms with Crippen molar-refractivity contribution in [2.75, 3.05) is 0 Å². The summed E-state index contributed by atoms with van der Waals surface area (Å²) < 4.78 is 51.0. The lowest BCUT2D eigenvalue weighted by atomic mass is 9.99. The van der Waals surface area contributed by atoms with Crippen LogP contribution in [0.1, 0.15) is 6.85 Å². The topological polar surface area (TPSA) is 56.7 Å². The number of fused-ring (bicyclic) bond motifs is 6. The molecule has 0 N–H and O–H groups in total. The SMILES string of the molecule is [2H]c1c([2H])c([2H])c(-c2nc(-c3ccccc3)nc(-c3cccc4oc5ccc(-n6c7ccccc7c7c(-c8ccccc8)cccc76)cc5c34)n2)c([2H])c1[2H]. The number of benzene rings is 7. The first-order valence-corrected chi connectivity index (χ1v) is 16.3. The molecule has 50 heavy (non-hydrogen) atoms.